The predicted molar refractivity (Wildman–Crippen MR) is 132 cm³/mol. The molecule has 7 heteroatoms. The Hall–Kier alpha value is -4.39. The van der Waals surface area contributed by atoms with Crippen LogP contribution in [0.15, 0.2) is 67.0 Å². The van der Waals surface area contributed by atoms with Crippen molar-refractivity contribution < 1.29 is 4.79 Å². The number of nitrogens with one attached hydrogen (secondary N) is 2. The molecule has 2 N–H and O–H groups in total. The largest absolute Gasteiger partial charge is 0.357 e. The Labute approximate surface area is 190 Å². The van der Waals surface area contributed by atoms with Gasteiger partial charge in [-0.3, -0.25) is 4.79 Å². The van der Waals surface area contributed by atoms with Crippen LogP contribution in [0.2, 0.25) is 0 Å². The first-order valence-electron chi connectivity index (χ1n) is 10.6. The number of ketones is 1. The summed E-state index contributed by atoms with van der Waals surface area (Å²) >= 11 is 0. The van der Waals surface area contributed by atoms with E-state index in [1.807, 2.05) is 36.5 Å². The molecule has 3 aromatic carbocycles. The number of hydrogen-bond donors (Lipinski definition) is 2. The lowest BCUT2D eigenvalue weighted by Crippen LogP contribution is -2.00. The molecule has 7 nitrogen and oxygen atoms in total. The van der Waals surface area contributed by atoms with Gasteiger partial charge in [-0.15, -0.1) is 5.10 Å². The number of aromatic nitrogens is 4. The standard InChI is InChI=1S/C26H22N6O/c1-15-7-9-21-22(14-29-32-25(21)30-20-6-4-5-17(12-20)16(2)33)24(15)18-8-10-23-19(11-18)13-28-26(27-3)31-23/h4-14H,1-3H3,(H,30,32)(H,27,28,31). The van der Waals surface area contributed by atoms with Crippen molar-refractivity contribution in [3.63, 3.8) is 0 Å². The lowest BCUT2D eigenvalue weighted by atomic mass is 9.94. The Morgan fingerprint density at radius 1 is 0.970 bits per heavy atom. The van der Waals surface area contributed by atoms with Gasteiger partial charge in [0.25, 0.3) is 0 Å². The number of rotatable bonds is 5. The summed E-state index contributed by atoms with van der Waals surface area (Å²) in [6, 6.07) is 17.7. The number of hydrogen-bond acceptors (Lipinski definition) is 7. The molecule has 162 valence electrons. The molecule has 5 aromatic rings. The smallest absolute Gasteiger partial charge is 0.222 e. The second-order valence-corrected chi connectivity index (χ2v) is 7.89. The fourth-order valence-electron chi connectivity index (χ4n) is 4.00. The Kier molecular flexibility index (Phi) is 5.14. The molecule has 0 atom stereocenters. The molecule has 0 saturated heterocycles. The molecule has 0 aliphatic carbocycles. The van der Waals surface area contributed by atoms with E-state index < -0.39 is 0 Å². The minimum absolute atomic E-state index is 0.0164. The fourth-order valence-corrected chi connectivity index (χ4v) is 4.00. The first-order valence-corrected chi connectivity index (χ1v) is 10.6. The van der Waals surface area contributed by atoms with Gasteiger partial charge in [-0.1, -0.05) is 30.3 Å². The lowest BCUT2D eigenvalue weighted by Gasteiger charge is -2.14. The maximum atomic E-state index is 11.8. The molecule has 33 heavy (non-hydrogen) atoms. The zero-order valence-electron chi connectivity index (χ0n) is 18.5. The van der Waals surface area contributed by atoms with Gasteiger partial charge in [0.1, 0.15) is 0 Å². The molecular formula is C26H22N6O. The van der Waals surface area contributed by atoms with E-state index in [1.165, 1.54) is 0 Å². The molecule has 0 aliphatic heterocycles. The van der Waals surface area contributed by atoms with E-state index in [0.717, 1.165) is 44.1 Å². The fraction of sp³-hybridized carbons (Fsp3) is 0.115. The number of aryl methyl sites for hydroxylation is 1. The van der Waals surface area contributed by atoms with Crippen LogP contribution in [0.5, 0.6) is 0 Å². The van der Waals surface area contributed by atoms with E-state index in [-0.39, 0.29) is 5.78 Å². The topological polar surface area (TPSA) is 92.7 Å². The zero-order chi connectivity index (χ0) is 22.9. The number of carbonyl (C=O) groups excluding carboxylic acids is 1. The predicted octanol–water partition coefficient (Wildman–Crippen LogP) is 5.54. The summed E-state index contributed by atoms with van der Waals surface area (Å²) < 4.78 is 0. The molecule has 0 unspecified atom stereocenters. The minimum atomic E-state index is 0.0164. The summed E-state index contributed by atoms with van der Waals surface area (Å²) in [6.45, 7) is 3.64. The average molecular weight is 435 g/mol. The van der Waals surface area contributed by atoms with Crippen LogP contribution in [-0.4, -0.2) is 33.0 Å². The molecule has 0 saturated carbocycles. The first kappa shape index (κ1) is 20.5. The van der Waals surface area contributed by atoms with E-state index in [0.29, 0.717) is 17.3 Å². The van der Waals surface area contributed by atoms with Gasteiger partial charge in [-0.05, 0) is 54.8 Å². The third-order valence-electron chi connectivity index (χ3n) is 5.68. The summed E-state index contributed by atoms with van der Waals surface area (Å²) in [7, 11) is 1.80. The Morgan fingerprint density at radius 3 is 2.67 bits per heavy atom. The third kappa shape index (κ3) is 3.85. The van der Waals surface area contributed by atoms with E-state index in [4.69, 9.17) is 0 Å². The van der Waals surface area contributed by atoms with Gasteiger partial charge in [0.15, 0.2) is 11.6 Å². The van der Waals surface area contributed by atoms with Crippen molar-refractivity contribution in [2.75, 3.05) is 17.7 Å². The molecule has 2 heterocycles. The van der Waals surface area contributed by atoms with Crippen molar-refractivity contribution in [3.8, 4) is 11.1 Å². The summed E-state index contributed by atoms with van der Waals surface area (Å²) in [6.07, 6.45) is 3.62. The second kappa shape index (κ2) is 8.27. The molecule has 0 bridgehead atoms. The van der Waals surface area contributed by atoms with E-state index in [1.54, 1.807) is 26.2 Å². The van der Waals surface area contributed by atoms with Crippen molar-refractivity contribution in [1.29, 1.82) is 0 Å². The zero-order valence-corrected chi connectivity index (χ0v) is 18.5. The highest BCUT2D eigenvalue weighted by molar-refractivity contribution is 6.04. The quantitative estimate of drug-likeness (QED) is 0.351. The average Bonchev–Trinajstić information content (AvgIpc) is 2.83. The molecule has 0 radical (unpaired) electrons. The summed E-state index contributed by atoms with van der Waals surface area (Å²) in [5.74, 6) is 1.25. The van der Waals surface area contributed by atoms with Crippen LogP contribution in [0.4, 0.5) is 17.5 Å². The number of benzene rings is 3. The van der Waals surface area contributed by atoms with E-state index >= 15 is 0 Å². The number of carbonyl (C=O) groups is 1. The molecular weight excluding hydrogens is 412 g/mol. The van der Waals surface area contributed by atoms with Crippen LogP contribution in [-0.2, 0) is 0 Å². The van der Waals surface area contributed by atoms with Gasteiger partial charge in [-0.2, -0.15) is 5.10 Å². The number of fused-ring (bicyclic) bond motifs is 2. The van der Waals surface area contributed by atoms with Crippen molar-refractivity contribution >= 4 is 44.9 Å². The summed E-state index contributed by atoms with van der Waals surface area (Å²) in [5.41, 5.74) is 5.58. The molecule has 2 aromatic heterocycles. The van der Waals surface area contributed by atoms with Crippen LogP contribution < -0.4 is 10.6 Å². The van der Waals surface area contributed by atoms with Gasteiger partial charge in [0.2, 0.25) is 5.95 Å². The normalized spacial score (nSPS) is 11.0. The molecule has 0 aliphatic rings. The van der Waals surface area contributed by atoms with Crippen molar-refractivity contribution in [2.24, 2.45) is 0 Å². The number of Topliss-reactive ketones (excluding diaryl/α,β-unsaturated/α-hetero) is 1. The Morgan fingerprint density at radius 2 is 1.85 bits per heavy atom. The van der Waals surface area contributed by atoms with E-state index in [2.05, 4.69) is 55.9 Å². The lowest BCUT2D eigenvalue weighted by molar-refractivity contribution is 0.101. The molecule has 0 spiro atoms. The maximum absolute atomic E-state index is 11.8. The van der Waals surface area contributed by atoms with Gasteiger partial charge >= 0.3 is 0 Å². The summed E-state index contributed by atoms with van der Waals surface area (Å²) in [4.78, 5) is 20.6. The number of nitrogens with zero attached hydrogens (tertiary/aromatic N) is 4. The van der Waals surface area contributed by atoms with Crippen LogP contribution in [0.25, 0.3) is 32.8 Å². The van der Waals surface area contributed by atoms with Crippen LogP contribution in [0.3, 0.4) is 0 Å². The third-order valence-corrected chi connectivity index (χ3v) is 5.68. The van der Waals surface area contributed by atoms with E-state index in [9.17, 15) is 4.79 Å². The van der Waals surface area contributed by atoms with Gasteiger partial charge in [0, 0.05) is 40.7 Å². The van der Waals surface area contributed by atoms with Gasteiger partial charge < -0.3 is 10.6 Å². The maximum Gasteiger partial charge on any atom is 0.222 e. The van der Waals surface area contributed by atoms with Gasteiger partial charge in [0.05, 0.1) is 11.7 Å². The molecule has 0 amide bonds. The summed E-state index contributed by atoms with van der Waals surface area (Å²) in [5, 5.41) is 17.8. The first-order chi connectivity index (χ1) is 16.0. The van der Waals surface area contributed by atoms with Crippen molar-refractivity contribution in [2.45, 2.75) is 13.8 Å². The molecule has 0 fully saturated rings. The highest BCUT2D eigenvalue weighted by Crippen LogP contribution is 2.35. The van der Waals surface area contributed by atoms with Crippen LogP contribution >= 0.6 is 0 Å². The van der Waals surface area contributed by atoms with Crippen molar-refractivity contribution in [3.05, 3.63) is 78.1 Å². The minimum Gasteiger partial charge on any atom is -0.357 e. The molecule has 5 rings (SSSR count). The monoisotopic (exact) mass is 434 g/mol. The SMILES string of the molecule is CNc1ncc2cc(-c3c(C)ccc4c(Nc5cccc(C(C)=O)c5)nncc34)ccc2n1. The Bertz CT molecular complexity index is 1530. The highest BCUT2D eigenvalue weighted by atomic mass is 16.1. The van der Waals surface area contributed by atoms with Crippen LogP contribution in [0.1, 0.15) is 22.8 Å². The number of anilines is 3. The second-order valence-electron chi connectivity index (χ2n) is 7.89. The van der Waals surface area contributed by atoms with Gasteiger partial charge in [-0.25, -0.2) is 9.97 Å². The van der Waals surface area contributed by atoms with Crippen LogP contribution in [0, 0.1) is 6.92 Å². The Balaban J connectivity index is 1.62. The highest BCUT2D eigenvalue weighted by Gasteiger charge is 2.13. The van der Waals surface area contributed by atoms with Crippen molar-refractivity contribution in [1.82, 2.24) is 20.2 Å².